The van der Waals surface area contributed by atoms with E-state index in [0.717, 1.165) is 30.6 Å². The highest BCUT2D eigenvalue weighted by atomic mass is 16.5. The van der Waals surface area contributed by atoms with Crippen LogP contribution in [0.2, 0.25) is 0 Å². The van der Waals surface area contributed by atoms with E-state index in [4.69, 9.17) is 9.47 Å². The number of nitrogens with zero attached hydrogens (tertiary/aromatic N) is 1. The Labute approximate surface area is 95.2 Å². The summed E-state index contributed by atoms with van der Waals surface area (Å²) in [7, 11) is 3.24. The summed E-state index contributed by atoms with van der Waals surface area (Å²) in [6, 6.07) is 1.82. The summed E-state index contributed by atoms with van der Waals surface area (Å²) in [5.41, 5.74) is 0.989. The fourth-order valence-corrected chi connectivity index (χ4v) is 1.93. The third-order valence-electron chi connectivity index (χ3n) is 3.23. The highest BCUT2D eigenvalue weighted by Crippen LogP contribution is 2.50. The number of hydrogen-bond donors (Lipinski definition) is 1. The Bertz CT molecular complexity index is 352. The van der Waals surface area contributed by atoms with Crippen LogP contribution in [0.25, 0.3) is 0 Å². The maximum Gasteiger partial charge on any atom is 0.220 e. The van der Waals surface area contributed by atoms with Crippen molar-refractivity contribution in [3.8, 4) is 11.6 Å². The second-order valence-electron chi connectivity index (χ2n) is 4.34. The molecule has 4 nitrogen and oxygen atoms in total. The average Bonchev–Trinajstić information content (AvgIpc) is 3.10. The lowest BCUT2D eigenvalue weighted by molar-refractivity contribution is 0.208. The van der Waals surface area contributed by atoms with Crippen LogP contribution in [-0.4, -0.2) is 30.9 Å². The van der Waals surface area contributed by atoms with E-state index in [1.54, 1.807) is 20.4 Å². The summed E-state index contributed by atoms with van der Waals surface area (Å²) in [5.74, 6) is 1.38. The molecular formula is C12H17NO3. The van der Waals surface area contributed by atoms with Gasteiger partial charge in [0, 0.05) is 12.8 Å². The average molecular weight is 223 g/mol. The van der Waals surface area contributed by atoms with Crippen LogP contribution in [0.3, 0.4) is 0 Å². The number of aliphatic hydroxyl groups is 1. The van der Waals surface area contributed by atoms with Crippen LogP contribution in [0.5, 0.6) is 11.6 Å². The van der Waals surface area contributed by atoms with Crippen LogP contribution >= 0.6 is 0 Å². The first kappa shape index (κ1) is 11.2. The van der Waals surface area contributed by atoms with E-state index in [-0.39, 0.29) is 12.0 Å². The Morgan fingerprint density at radius 2 is 2.12 bits per heavy atom. The zero-order valence-corrected chi connectivity index (χ0v) is 9.69. The van der Waals surface area contributed by atoms with Gasteiger partial charge < -0.3 is 14.6 Å². The molecule has 1 heterocycles. The summed E-state index contributed by atoms with van der Waals surface area (Å²) in [4.78, 5) is 4.17. The molecule has 0 atom stereocenters. The van der Waals surface area contributed by atoms with Crippen LogP contribution in [0, 0.1) is 5.41 Å². The molecule has 4 heteroatoms. The zero-order chi connectivity index (χ0) is 11.6. The number of aliphatic hydroxyl groups excluding tert-OH is 1. The van der Waals surface area contributed by atoms with Crippen molar-refractivity contribution in [3.05, 3.63) is 17.8 Å². The van der Waals surface area contributed by atoms with Crippen LogP contribution in [0.4, 0.5) is 0 Å². The van der Waals surface area contributed by atoms with Crippen molar-refractivity contribution in [2.75, 3.05) is 20.8 Å². The molecule has 0 aromatic carbocycles. The Morgan fingerprint density at radius 3 is 2.62 bits per heavy atom. The molecular weight excluding hydrogens is 206 g/mol. The van der Waals surface area contributed by atoms with Gasteiger partial charge in [-0.1, -0.05) is 0 Å². The van der Waals surface area contributed by atoms with Crippen LogP contribution in [0.15, 0.2) is 12.3 Å². The van der Waals surface area contributed by atoms with E-state index in [1.165, 1.54) is 0 Å². The molecule has 88 valence electrons. The molecule has 0 aliphatic heterocycles. The summed E-state index contributed by atoms with van der Waals surface area (Å²) in [5, 5.41) is 9.34. The van der Waals surface area contributed by atoms with Crippen molar-refractivity contribution in [2.24, 2.45) is 5.41 Å². The first-order chi connectivity index (χ1) is 7.74. The van der Waals surface area contributed by atoms with Crippen LogP contribution in [0.1, 0.15) is 18.4 Å². The van der Waals surface area contributed by atoms with Gasteiger partial charge in [-0.3, -0.25) is 0 Å². The minimum atomic E-state index is 0.0313. The minimum absolute atomic E-state index is 0.0313. The molecule has 1 aromatic heterocycles. The molecule has 1 aliphatic rings. The second-order valence-corrected chi connectivity index (χ2v) is 4.34. The summed E-state index contributed by atoms with van der Waals surface area (Å²) >= 11 is 0. The fraction of sp³-hybridized carbons (Fsp3) is 0.583. The molecule has 1 saturated carbocycles. The number of rotatable bonds is 5. The normalized spacial score (nSPS) is 16.9. The Kier molecular flexibility index (Phi) is 3.01. The standard InChI is InChI=1S/C12H17NO3/c1-15-10-3-6-13-11(16-2)9(10)7-12(8-14)4-5-12/h3,6,14H,4-5,7-8H2,1-2H3. The molecule has 0 radical (unpaired) electrons. The molecule has 0 spiro atoms. The van der Waals surface area contributed by atoms with Gasteiger partial charge in [0.25, 0.3) is 0 Å². The molecule has 0 saturated heterocycles. The predicted octanol–water partition coefficient (Wildman–Crippen LogP) is 1.41. The fourth-order valence-electron chi connectivity index (χ4n) is 1.93. The summed E-state index contributed by atoms with van der Waals surface area (Å²) in [6.45, 7) is 0.216. The number of ether oxygens (including phenoxy) is 2. The highest BCUT2D eigenvalue weighted by molar-refractivity contribution is 5.41. The van der Waals surface area contributed by atoms with Gasteiger partial charge >= 0.3 is 0 Å². The predicted molar refractivity (Wildman–Crippen MR) is 59.8 cm³/mol. The van der Waals surface area contributed by atoms with Gasteiger partial charge in [-0.05, 0) is 30.7 Å². The third-order valence-corrected chi connectivity index (χ3v) is 3.23. The maximum atomic E-state index is 9.34. The Hall–Kier alpha value is -1.29. The van der Waals surface area contributed by atoms with Crippen molar-refractivity contribution >= 4 is 0 Å². The molecule has 1 N–H and O–H groups in total. The lowest BCUT2D eigenvalue weighted by Crippen LogP contribution is -2.12. The van der Waals surface area contributed by atoms with E-state index < -0.39 is 0 Å². The molecule has 0 amide bonds. The third kappa shape index (κ3) is 1.97. The van der Waals surface area contributed by atoms with Crippen molar-refractivity contribution in [1.82, 2.24) is 4.98 Å². The maximum absolute atomic E-state index is 9.34. The lowest BCUT2D eigenvalue weighted by atomic mass is 9.97. The van der Waals surface area contributed by atoms with Crippen molar-refractivity contribution in [3.63, 3.8) is 0 Å². The Balaban J connectivity index is 2.29. The van der Waals surface area contributed by atoms with E-state index in [0.29, 0.717) is 5.88 Å². The topological polar surface area (TPSA) is 51.6 Å². The van der Waals surface area contributed by atoms with Gasteiger partial charge in [-0.2, -0.15) is 0 Å². The largest absolute Gasteiger partial charge is 0.496 e. The van der Waals surface area contributed by atoms with Crippen molar-refractivity contribution in [1.29, 1.82) is 0 Å². The summed E-state index contributed by atoms with van der Waals surface area (Å²) in [6.07, 6.45) is 4.55. The quantitative estimate of drug-likeness (QED) is 0.820. The zero-order valence-electron chi connectivity index (χ0n) is 9.69. The molecule has 0 bridgehead atoms. The van der Waals surface area contributed by atoms with E-state index in [2.05, 4.69) is 4.98 Å². The first-order valence-electron chi connectivity index (χ1n) is 5.41. The second kappa shape index (κ2) is 4.29. The van der Waals surface area contributed by atoms with Crippen molar-refractivity contribution < 1.29 is 14.6 Å². The van der Waals surface area contributed by atoms with Gasteiger partial charge in [-0.15, -0.1) is 0 Å². The smallest absolute Gasteiger partial charge is 0.220 e. The van der Waals surface area contributed by atoms with Crippen molar-refractivity contribution in [2.45, 2.75) is 19.3 Å². The van der Waals surface area contributed by atoms with Gasteiger partial charge in [0.2, 0.25) is 5.88 Å². The lowest BCUT2D eigenvalue weighted by Gasteiger charge is -2.16. The van der Waals surface area contributed by atoms with E-state index >= 15 is 0 Å². The van der Waals surface area contributed by atoms with E-state index in [9.17, 15) is 5.11 Å². The molecule has 16 heavy (non-hydrogen) atoms. The highest BCUT2D eigenvalue weighted by Gasteiger charge is 2.43. The number of pyridine rings is 1. The SMILES string of the molecule is COc1ccnc(OC)c1CC1(CO)CC1. The van der Waals surface area contributed by atoms with Gasteiger partial charge in [0.15, 0.2) is 0 Å². The molecule has 1 fully saturated rings. The number of aromatic nitrogens is 1. The number of hydrogen-bond acceptors (Lipinski definition) is 4. The Morgan fingerprint density at radius 1 is 1.38 bits per heavy atom. The monoisotopic (exact) mass is 223 g/mol. The molecule has 1 aromatic rings. The van der Waals surface area contributed by atoms with Crippen LogP contribution < -0.4 is 9.47 Å². The summed E-state index contributed by atoms with van der Waals surface area (Å²) < 4.78 is 10.5. The molecule has 0 unspecified atom stereocenters. The van der Waals surface area contributed by atoms with Gasteiger partial charge in [-0.25, -0.2) is 4.98 Å². The molecule has 1 aliphatic carbocycles. The van der Waals surface area contributed by atoms with Crippen LogP contribution in [-0.2, 0) is 6.42 Å². The van der Waals surface area contributed by atoms with Gasteiger partial charge in [0.1, 0.15) is 5.75 Å². The van der Waals surface area contributed by atoms with E-state index in [1.807, 2.05) is 6.07 Å². The first-order valence-corrected chi connectivity index (χ1v) is 5.41. The molecule has 2 rings (SSSR count). The number of methoxy groups -OCH3 is 2. The van der Waals surface area contributed by atoms with Gasteiger partial charge in [0.05, 0.1) is 19.8 Å². The minimum Gasteiger partial charge on any atom is -0.496 e.